The van der Waals surface area contributed by atoms with Crippen molar-refractivity contribution in [3.05, 3.63) is 81.9 Å². The zero-order chi connectivity index (χ0) is 18.8. The Morgan fingerprint density at radius 1 is 1.07 bits per heavy atom. The topological polar surface area (TPSA) is 81.8 Å². The van der Waals surface area contributed by atoms with Crippen LogP contribution in [0.3, 0.4) is 0 Å². The average Bonchev–Trinajstić information content (AvgIpc) is 3.10. The Morgan fingerprint density at radius 3 is 2.56 bits per heavy atom. The molecule has 27 heavy (non-hydrogen) atoms. The third kappa shape index (κ3) is 3.52. The van der Waals surface area contributed by atoms with Gasteiger partial charge in [-0.05, 0) is 36.4 Å². The van der Waals surface area contributed by atoms with Crippen molar-refractivity contribution in [3.63, 3.8) is 0 Å². The molecule has 0 spiro atoms. The van der Waals surface area contributed by atoms with Gasteiger partial charge in [0, 0.05) is 10.2 Å². The molecule has 0 aliphatic heterocycles. The van der Waals surface area contributed by atoms with Crippen LogP contribution >= 0.6 is 15.9 Å². The Bertz CT molecular complexity index is 1170. The maximum absolute atomic E-state index is 12.7. The molecule has 7 nitrogen and oxygen atoms in total. The second-order valence-corrected chi connectivity index (χ2v) is 6.78. The molecule has 0 saturated heterocycles. The van der Waals surface area contributed by atoms with Gasteiger partial charge in [0.2, 0.25) is 5.91 Å². The maximum Gasteiger partial charge on any atom is 0.264 e. The molecule has 134 valence electrons. The molecule has 0 unspecified atom stereocenters. The first kappa shape index (κ1) is 17.2. The van der Waals surface area contributed by atoms with Gasteiger partial charge in [0.05, 0.1) is 11.9 Å². The van der Waals surface area contributed by atoms with E-state index in [4.69, 9.17) is 0 Å². The van der Waals surface area contributed by atoms with Crippen LogP contribution in [0.4, 0.5) is 5.69 Å². The Morgan fingerprint density at radius 2 is 1.81 bits per heavy atom. The van der Waals surface area contributed by atoms with Gasteiger partial charge in [-0.25, -0.2) is 9.67 Å². The second kappa shape index (κ2) is 7.16. The molecule has 0 aliphatic rings. The highest BCUT2D eigenvalue weighted by molar-refractivity contribution is 9.10. The van der Waals surface area contributed by atoms with Gasteiger partial charge in [-0.15, -0.1) is 0 Å². The maximum atomic E-state index is 12.7. The van der Waals surface area contributed by atoms with Gasteiger partial charge in [0.1, 0.15) is 18.3 Å². The van der Waals surface area contributed by atoms with Crippen molar-refractivity contribution in [2.45, 2.75) is 6.54 Å². The van der Waals surface area contributed by atoms with E-state index in [2.05, 4.69) is 31.3 Å². The SMILES string of the molecule is O=C(Cn1cnc2c(cnn2-c2ccc(Br)cc2)c1=O)Nc1ccccc1. The number of anilines is 1. The predicted molar refractivity (Wildman–Crippen MR) is 106 cm³/mol. The number of hydrogen-bond acceptors (Lipinski definition) is 4. The van der Waals surface area contributed by atoms with Gasteiger partial charge in [-0.3, -0.25) is 14.2 Å². The van der Waals surface area contributed by atoms with Crippen molar-refractivity contribution in [2.75, 3.05) is 5.32 Å². The minimum atomic E-state index is -0.313. The minimum absolute atomic E-state index is 0.125. The first-order valence-electron chi connectivity index (χ1n) is 8.16. The number of fused-ring (bicyclic) bond motifs is 1. The van der Waals surface area contributed by atoms with Crippen molar-refractivity contribution in [3.8, 4) is 5.69 Å². The number of amides is 1. The van der Waals surface area contributed by atoms with Crippen molar-refractivity contribution in [1.82, 2.24) is 19.3 Å². The number of hydrogen-bond donors (Lipinski definition) is 1. The minimum Gasteiger partial charge on any atom is -0.325 e. The molecule has 0 radical (unpaired) electrons. The van der Waals surface area contributed by atoms with Crippen LogP contribution in [-0.2, 0) is 11.3 Å². The van der Waals surface area contributed by atoms with E-state index in [1.54, 1.807) is 16.8 Å². The largest absolute Gasteiger partial charge is 0.325 e. The first-order valence-corrected chi connectivity index (χ1v) is 8.95. The quantitative estimate of drug-likeness (QED) is 0.546. The number of nitrogens with zero attached hydrogens (tertiary/aromatic N) is 4. The summed E-state index contributed by atoms with van der Waals surface area (Å²) in [6.45, 7) is -0.125. The average molecular weight is 424 g/mol. The summed E-state index contributed by atoms with van der Waals surface area (Å²) < 4.78 is 3.81. The van der Waals surface area contributed by atoms with E-state index < -0.39 is 0 Å². The number of nitrogens with one attached hydrogen (secondary N) is 1. The van der Waals surface area contributed by atoms with Crippen molar-refractivity contribution >= 4 is 38.6 Å². The second-order valence-electron chi connectivity index (χ2n) is 5.86. The lowest BCUT2D eigenvalue weighted by molar-refractivity contribution is -0.116. The van der Waals surface area contributed by atoms with Crippen molar-refractivity contribution in [2.24, 2.45) is 0 Å². The highest BCUT2D eigenvalue weighted by Gasteiger charge is 2.13. The fourth-order valence-electron chi connectivity index (χ4n) is 2.71. The highest BCUT2D eigenvalue weighted by atomic mass is 79.9. The number of carbonyl (C=O) groups is 1. The predicted octanol–water partition coefficient (Wildman–Crippen LogP) is 2.98. The Hall–Kier alpha value is -3.26. The summed E-state index contributed by atoms with van der Waals surface area (Å²) in [6.07, 6.45) is 2.84. The van der Waals surface area contributed by atoms with Crippen LogP contribution in [0, 0.1) is 0 Å². The van der Waals surface area contributed by atoms with Crippen LogP contribution in [0.15, 0.2) is 76.4 Å². The monoisotopic (exact) mass is 423 g/mol. The molecule has 2 aromatic carbocycles. The summed E-state index contributed by atoms with van der Waals surface area (Å²) in [5, 5.41) is 7.37. The van der Waals surface area contributed by atoms with E-state index in [1.165, 1.54) is 17.1 Å². The Balaban J connectivity index is 1.62. The fourth-order valence-corrected chi connectivity index (χ4v) is 2.97. The molecule has 4 aromatic rings. The molecule has 0 atom stereocenters. The van der Waals surface area contributed by atoms with Crippen molar-refractivity contribution < 1.29 is 4.79 Å². The van der Waals surface area contributed by atoms with E-state index in [0.717, 1.165) is 10.2 Å². The number of para-hydroxylation sites is 1. The van der Waals surface area contributed by atoms with Crippen LogP contribution in [0.5, 0.6) is 0 Å². The number of carbonyl (C=O) groups excluding carboxylic acids is 1. The van der Waals surface area contributed by atoms with Gasteiger partial charge in [-0.1, -0.05) is 34.1 Å². The fraction of sp³-hybridized carbons (Fsp3) is 0.0526. The van der Waals surface area contributed by atoms with Crippen LogP contribution in [0.1, 0.15) is 0 Å². The zero-order valence-electron chi connectivity index (χ0n) is 14.0. The van der Waals surface area contributed by atoms with Crippen LogP contribution in [-0.4, -0.2) is 25.2 Å². The molecule has 0 aliphatic carbocycles. The van der Waals surface area contributed by atoms with E-state index >= 15 is 0 Å². The van der Waals surface area contributed by atoms with Crippen LogP contribution in [0.25, 0.3) is 16.7 Å². The van der Waals surface area contributed by atoms with E-state index in [9.17, 15) is 9.59 Å². The van der Waals surface area contributed by atoms with E-state index in [-0.39, 0.29) is 18.0 Å². The molecular weight excluding hydrogens is 410 g/mol. The third-order valence-electron chi connectivity index (χ3n) is 4.00. The Labute approximate surface area is 162 Å². The molecule has 4 rings (SSSR count). The van der Waals surface area contributed by atoms with Gasteiger partial charge in [-0.2, -0.15) is 5.10 Å². The number of benzene rings is 2. The molecule has 1 amide bonds. The van der Waals surface area contributed by atoms with Gasteiger partial charge in [0.25, 0.3) is 5.56 Å². The summed E-state index contributed by atoms with van der Waals surface area (Å²) in [4.78, 5) is 29.2. The molecular formula is C19H14BrN5O2. The lowest BCUT2D eigenvalue weighted by Gasteiger charge is -2.07. The van der Waals surface area contributed by atoms with Crippen LogP contribution in [0.2, 0.25) is 0 Å². The summed E-state index contributed by atoms with van der Waals surface area (Å²) in [5.41, 5.74) is 1.60. The smallest absolute Gasteiger partial charge is 0.264 e. The van der Waals surface area contributed by atoms with E-state index in [0.29, 0.717) is 16.7 Å². The summed E-state index contributed by atoms with van der Waals surface area (Å²) >= 11 is 3.39. The summed E-state index contributed by atoms with van der Waals surface area (Å²) in [5.74, 6) is -0.301. The molecule has 1 N–H and O–H groups in total. The first-order chi connectivity index (χ1) is 13.1. The van der Waals surface area contributed by atoms with E-state index in [1.807, 2.05) is 42.5 Å². The van der Waals surface area contributed by atoms with Crippen LogP contribution < -0.4 is 10.9 Å². The van der Waals surface area contributed by atoms with Gasteiger partial charge >= 0.3 is 0 Å². The molecule has 0 bridgehead atoms. The van der Waals surface area contributed by atoms with Crippen molar-refractivity contribution in [1.29, 1.82) is 0 Å². The standard InChI is InChI=1S/C19H14BrN5O2/c20-13-6-8-15(9-7-13)25-18-16(10-22-25)19(27)24(12-21-18)11-17(26)23-14-4-2-1-3-5-14/h1-10,12H,11H2,(H,23,26). The number of aromatic nitrogens is 4. The molecule has 2 heterocycles. The number of rotatable bonds is 4. The lowest BCUT2D eigenvalue weighted by atomic mass is 10.3. The number of halogens is 1. The lowest BCUT2D eigenvalue weighted by Crippen LogP contribution is -2.27. The summed E-state index contributed by atoms with van der Waals surface area (Å²) in [7, 11) is 0. The Kier molecular flexibility index (Phi) is 4.55. The molecule has 0 saturated carbocycles. The third-order valence-corrected chi connectivity index (χ3v) is 4.53. The molecule has 8 heteroatoms. The molecule has 0 fully saturated rings. The molecule has 2 aromatic heterocycles. The van der Waals surface area contributed by atoms with Gasteiger partial charge in [0.15, 0.2) is 5.65 Å². The zero-order valence-corrected chi connectivity index (χ0v) is 15.6. The highest BCUT2D eigenvalue weighted by Crippen LogP contribution is 2.16. The normalized spacial score (nSPS) is 10.9. The van der Waals surface area contributed by atoms with Gasteiger partial charge < -0.3 is 5.32 Å². The summed E-state index contributed by atoms with van der Waals surface area (Å²) in [6, 6.07) is 16.6.